The predicted octanol–water partition coefficient (Wildman–Crippen LogP) is 1.07. The van der Waals surface area contributed by atoms with Crippen molar-refractivity contribution in [2.45, 2.75) is 38.6 Å². The van der Waals surface area contributed by atoms with Gasteiger partial charge in [-0.15, -0.1) is 0 Å². The summed E-state index contributed by atoms with van der Waals surface area (Å²) in [6.45, 7) is 6.53. The van der Waals surface area contributed by atoms with Gasteiger partial charge in [0.05, 0.1) is 6.42 Å². The van der Waals surface area contributed by atoms with Gasteiger partial charge in [-0.3, -0.25) is 9.69 Å². The zero-order valence-corrected chi connectivity index (χ0v) is 12.3. The second-order valence-electron chi connectivity index (χ2n) is 5.68. The average molecular weight is 283 g/mol. The number of carboxylic acids is 1. The van der Waals surface area contributed by atoms with E-state index in [1.54, 1.807) is 0 Å². The molecule has 2 amide bonds. The van der Waals surface area contributed by atoms with Crippen LogP contribution in [0.25, 0.3) is 0 Å². The van der Waals surface area contributed by atoms with Crippen LogP contribution in [0, 0.1) is 0 Å². The molecule has 2 rings (SSSR count). The van der Waals surface area contributed by atoms with E-state index in [0.717, 1.165) is 38.9 Å². The number of carbonyl (C=O) groups excluding carboxylic acids is 1. The molecule has 1 aliphatic carbocycles. The maximum atomic E-state index is 12.5. The van der Waals surface area contributed by atoms with E-state index in [4.69, 9.17) is 5.11 Å². The maximum absolute atomic E-state index is 12.5. The van der Waals surface area contributed by atoms with Crippen LogP contribution >= 0.6 is 0 Å². The van der Waals surface area contributed by atoms with Crippen LogP contribution in [0.15, 0.2) is 0 Å². The monoisotopic (exact) mass is 283 g/mol. The molecule has 20 heavy (non-hydrogen) atoms. The van der Waals surface area contributed by atoms with Crippen molar-refractivity contribution in [2.75, 3.05) is 39.3 Å². The fraction of sp³-hybridized carbons (Fsp3) is 0.857. The number of urea groups is 1. The van der Waals surface area contributed by atoms with E-state index in [1.807, 2.05) is 9.80 Å². The van der Waals surface area contributed by atoms with Gasteiger partial charge in [0, 0.05) is 45.3 Å². The van der Waals surface area contributed by atoms with E-state index in [1.165, 1.54) is 0 Å². The van der Waals surface area contributed by atoms with Gasteiger partial charge in [0.15, 0.2) is 0 Å². The van der Waals surface area contributed by atoms with Crippen LogP contribution in [-0.4, -0.2) is 77.1 Å². The van der Waals surface area contributed by atoms with Crippen molar-refractivity contribution in [3.05, 3.63) is 0 Å². The van der Waals surface area contributed by atoms with Gasteiger partial charge >= 0.3 is 12.0 Å². The molecule has 0 unspecified atom stereocenters. The highest BCUT2D eigenvalue weighted by atomic mass is 16.4. The van der Waals surface area contributed by atoms with Crippen LogP contribution in [0.4, 0.5) is 4.79 Å². The van der Waals surface area contributed by atoms with E-state index >= 15 is 0 Å². The van der Waals surface area contributed by atoms with Crippen LogP contribution < -0.4 is 0 Å². The first-order valence-electron chi connectivity index (χ1n) is 7.61. The minimum atomic E-state index is -0.758. The van der Waals surface area contributed by atoms with E-state index < -0.39 is 5.97 Å². The molecule has 2 fully saturated rings. The van der Waals surface area contributed by atoms with E-state index in [2.05, 4.69) is 11.8 Å². The van der Waals surface area contributed by atoms with Gasteiger partial charge in [-0.2, -0.15) is 0 Å². The van der Waals surface area contributed by atoms with Crippen LogP contribution in [-0.2, 0) is 4.79 Å². The fourth-order valence-electron chi connectivity index (χ4n) is 2.66. The third-order valence-corrected chi connectivity index (χ3v) is 3.98. The lowest BCUT2D eigenvalue weighted by atomic mass is 10.3. The van der Waals surface area contributed by atoms with Crippen LogP contribution in [0.3, 0.4) is 0 Å². The van der Waals surface area contributed by atoms with Crippen molar-refractivity contribution in [1.29, 1.82) is 0 Å². The maximum Gasteiger partial charge on any atom is 0.320 e. The summed E-state index contributed by atoms with van der Waals surface area (Å²) in [6.07, 6.45) is 3.47. The van der Waals surface area contributed by atoms with Gasteiger partial charge < -0.3 is 14.9 Å². The summed E-state index contributed by atoms with van der Waals surface area (Å²) in [5.41, 5.74) is 0. The summed E-state index contributed by atoms with van der Waals surface area (Å²) in [4.78, 5) is 29.1. The highest BCUT2D eigenvalue weighted by Crippen LogP contribution is 2.28. The molecule has 0 spiro atoms. The lowest BCUT2D eigenvalue weighted by Crippen LogP contribution is -2.53. The second kappa shape index (κ2) is 6.92. The molecule has 0 bridgehead atoms. The molecule has 1 heterocycles. The first kappa shape index (κ1) is 15.1. The van der Waals surface area contributed by atoms with Crippen molar-refractivity contribution in [1.82, 2.24) is 14.7 Å². The first-order valence-corrected chi connectivity index (χ1v) is 7.61. The Morgan fingerprint density at radius 1 is 1.20 bits per heavy atom. The third-order valence-electron chi connectivity index (χ3n) is 3.98. The smallest absolute Gasteiger partial charge is 0.320 e. The number of piperazine rings is 1. The molecule has 1 N–H and O–H groups in total. The summed E-state index contributed by atoms with van der Waals surface area (Å²) in [5.74, 6) is -0.758. The summed E-state index contributed by atoms with van der Waals surface area (Å²) < 4.78 is 0. The first-order chi connectivity index (χ1) is 9.61. The molecular weight excluding hydrogens is 258 g/mol. The predicted molar refractivity (Wildman–Crippen MR) is 75.7 cm³/mol. The average Bonchev–Trinajstić information content (AvgIpc) is 3.27. The molecule has 0 aromatic carbocycles. The third kappa shape index (κ3) is 4.10. The standard InChI is InChI=1S/C14H25N3O3/c1-2-6-17(12-3-4-12)14(20)16-10-8-15(9-11-16)7-5-13(18)19/h12H,2-11H2,1H3,(H,18,19). The molecular formula is C14H25N3O3. The number of aliphatic carboxylic acids is 1. The Hall–Kier alpha value is -1.30. The van der Waals surface area contributed by atoms with Crippen molar-refractivity contribution in [2.24, 2.45) is 0 Å². The zero-order chi connectivity index (χ0) is 14.5. The number of nitrogens with zero attached hydrogens (tertiary/aromatic N) is 3. The second-order valence-corrected chi connectivity index (χ2v) is 5.68. The van der Waals surface area contributed by atoms with E-state index in [9.17, 15) is 9.59 Å². The lowest BCUT2D eigenvalue weighted by molar-refractivity contribution is -0.137. The number of carbonyl (C=O) groups is 2. The fourth-order valence-corrected chi connectivity index (χ4v) is 2.66. The topological polar surface area (TPSA) is 64.1 Å². The minimum Gasteiger partial charge on any atom is -0.481 e. The molecule has 6 heteroatoms. The molecule has 0 atom stereocenters. The summed E-state index contributed by atoms with van der Waals surface area (Å²) >= 11 is 0. The largest absolute Gasteiger partial charge is 0.481 e. The molecule has 6 nitrogen and oxygen atoms in total. The van der Waals surface area contributed by atoms with Gasteiger partial charge in [-0.1, -0.05) is 6.92 Å². The van der Waals surface area contributed by atoms with Crippen LogP contribution in [0.5, 0.6) is 0 Å². The van der Waals surface area contributed by atoms with Gasteiger partial charge in [-0.05, 0) is 19.3 Å². The van der Waals surface area contributed by atoms with Crippen molar-refractivity contribution < 1.29 is 14.7 Å². The lowest BCUT2D eigenvalue weighted by Gasteiger charge is -2.37. The van der Waals surface area contributed by atoms with Gasteiger partial charge in [-0.25, -0.2) is 4.79 Å². The number of rotatable bonds is 6. The van der Waals surface area contributed by atoms with Crippen LogP contribution in [0.1, 0.15) is 32.6 Å². The summed E-state index contributed by atoms with van der Waals surface area (Å²) in [5, 5.41) is 8.69. The molecule has 0 aromatic heterocycles. The molecule has 114 valence electrons. The number of hydrogen-bond acceptors (Lipinski definition) is 3. The van der Waals surface area contributed by atoms with Gasteiger partial charge in [0.1, 0.15) is 0 Å². The Morgan fingerprint density at radius 3 is 2.35 bits per heavy atom. The minimum absolute atomic E-state index is 0.173. The van der Waals surface area contributed by atoms with Gasteiger partial charge in [0.2, 0.25) is 0 Å². The Morgan fingerprint density at radius 2 is 1.85 bits per heavy atom. The molecule has 1 saturated carbocycles. The highest BCUT2D eigenvalue weighted by Gasteiger charge is 2.35. The molecule has 0 radical (unpaired) electrons. The number of carboxylic acid groups (broad SMARTS) is 1. The number of amides is 2. The molecule has 0 aromatic rings. The normalized spacial score (nSPS) is 19.9. The van der Waals surface area contributed by atoms with E-state index in [0.29, 0.717) is 25.7 Å². The van der Waals surface area contributed by atoms with Crippen molar-refractivity contribution in [3.63, 3.8) is 0 Å². The SMILES string of the molecule is CCCN(C(=O)N1CCN(CCC(=O)O)CC1)C1CC1. The molecule has 1 aliphatic heterocycles. The number of hydrogen-bond donors (Lipinski definition) is 1. The van der Waals surface area contributed by atoms with E-state index in [-0.39, 0.29) is 12.5 Å². The Labute approximate surface area is 120 Å². The molecule has 1 saturated heterocycles. The van der Waals surface area contributed by atoms with Gasteiger partial charge in [0.25, 0.3) is 0 Å². The Balaban J connectivity index is 1.77. The van der Waals surface area contributed by atoms with Crippen molar-refractivity contribution >= 4 is 12.0 Å². The summed E-state index contributed by atoms with van der Waals surface area (Å²) in [6, 6.07) is 0.639. The van der Waals surface area contributed by atoms with Crippen molar-refractivity contribution in [3.8, 4) is 0 Å². The summed E-state index contributed by atoms with van der Waals surface area (Å²) in [7, 11) is 0. The Kier molecular flexibility index (Phi) is 5.23. The zero-order valence-electron chi connectivity index (χ0n) is 12.3. The van der Waals surface area contributed by atoms with Crippen LogP contribution in [0.2, 0.25) is 0 Å². The Bertz CT molecular complexity index is 350. The molecule has 2 aliphatic rings. The quantitative estimate of drug-likeness (QED) is 0.792. The highest BCUT2D eigenvalue weighted by molar-refractivity contribution is 5.75.